The van der Waals surface area contributed by atoms with Crippen LogP contribution in [0.25, 0.3) is 0 Å². The molecule has 0 amide bonds. The minimum atomic E-state index is -4.26. The Balaban J connectivity index is 2.39. The van der Waals surface area contributed by atoms with Crippen molar-refractivity contribution in [1.82, 2.24) is 0 Å². The van der Waals surface area contributed by atoms with E-state index in [0.717, 1.165) is 0 Å². The zero-order valence-electron chi connectivity index (χ0n) is 3.77. The third-order valence-corrected chi connectivity index (χ3v) is 0.848. The van der Waals surface area contributed by atoms with Crippen LogP contribution in [-0.4, -0.2) is 18.5 Å². The van der Waals surface area contributed by atoms with Gasteiger partial charge in [-0.3, -0.25) is 0 Å². The lowest BCUT2D eigenvalue weighted by Gasteiger charge is -1.97. The molecule has 0 aromatic rings. The summed E-state index contributed by atoms with van der Waals surface area (Å²) in [6.45, 7) is 0. The summed E-state index contributed by atoms with van der Waals surface area (Å²) in [5, 5.41) is 0. The Morgan fingerprint density at radius 3 is 1.75 bits per heavy atom. The van der Waals surface area contributed by atoms with Crippen molar-refractivity contribution in [2.75, 3.05) is 0 Å². The fraction of sp³-hybridized carbons (Fsp3) is 1.00. The number of hydrogen-bond acceptors (Lipinski definition) is 2. The van der Waals surface area contributed by atoms with E-state index in [1.165, 1.54) is 0 Å². The van der Waals surface area contributed by atoms with Gasteiger partial charge < -0.3 is 10.5 Å². The molecule has 0 spiro atoms. The second kappa shape index (κ2) is 1.35. The minimum Gasteiger partial charge on any atom is -0.344 e. The lowest BCUT2D eigenvalue weighted by Crippen LogP contribution is -2.22. The molecule has 1 unspecified atom stereocenters. The van der Waals surface area contributed by atoms with Crippen LogP contribution in [0.15, 0.2) is 0 Å². The highest BCUT2D eigenvalue weighted by Gasteiger charge is 2.56. The van der Waals surface area contributed by atoms with Crippen LogP contribution in [-0.2, 0) is 4.74 Å². The average molecular weight is 127 g/mol. The zero-order chi connectivity index (χ0) is 6.36. The Kier molecular flexibility index (Phi) is 0.989. The third-order valence-electron chi connectivity index (χ3n) is 0.848. The van der Waals surface area contributed by atoms with Gasteiger partial charge in [0.25, 0.3) is 0 Å². The van der Waals surface area contributed by atoms with E-state index in [9.17, 15) is 13.2 Å². The van der Waals surface area contributed by atoms with Crippen LogP contribution in [0.3, 0.4) is 0 Å². The van der Waals surface area contributed by atoms with Crippen LogP contribution in [0, 0.1) is 0 Å². The second-order valence-corrected chi connectivity index (χ2v) is 1.56. The molecule has 1 aliphatic rings. The van der Waals surface area contributed by atoms with Crippen molar-refractivity contribution in [2.24, 2.45) is 5.73 Å². The molecular formula is C3H4F3NO. The van der Waals surface area contributed by atoms with Crippen LogP contribution in [0.4, 0.5) is 13.2 Å². The fourth-order valence-corrected chi connectivity index (χ4v) is 0.387. The lowest BCUT2D eigenvalue weighted by molar-refractivity contribution is -0.146. The summed E-state index contributed by atoms with van der Waals surface area (Å²) in [5.41, 5.74) is 4.71. The number of halogens is 3. The summed E-state index contributed by atoms with van der Waals surface area (Å²) in [7, 11) is 0. The molecule has 1 aliphatic heterocycles. The highest BCUT2D eigenvalue weighted by atomic mass is 19.4. The van der Waals surface area contributed by atoms with Gasteiger partial charge in [0.15, 0.2) is 6.10 Å². The van der Waals surface area contributed by atoms with E-state index >= 15 is 0 Å². The van der Waals surface area contributed by atoms with E-state index < -0.39 is 18.5 Å². The molecule has 0 aromatic carbocycles. The summed E-state index contributed by atoms with van der Waals surface area (Å²) in [6, 6.07) is 0. The van der Waals surface area contributed by atoms with Crippen molar-refractivity contribution in [3.8, 4) is 0 Å². The number of epoxide rings is 1. The van der Waals surface area contributed by atoms with Crippen LogP contribution < -0.4 is 5.73 Å². The second-order valence-electron chi connectivity index (χ2n) is 1.56. The van der Waals surface area contributed by atoms with Crippen molar-refractivity contribution < 1.29 is 17.9 Å². The van der Waals surface area contributed by atoms with Gasteiger partial charge in [0.1, 0.15) is 6.23 Å². The van der Waals surface area contributed by atoms with Crippen LogP contribution >= 0.6 is 0 Å². The molecular weight excluding hydrogens is 123 g/mol. The van der Waals surface area contributed by atoms with Crippen LogP contribution in [0.1, 0.15) is 0 Å². The highest BCUT2D eigenvalue weighted by Crippen LogP contribution is 2.34. The van der Waals surface area contributed by atoms with E-state index in [1.807, 2.05) is 0 Å². The average Bonchev–Trinajstić information content (AvgIpc) is 2.13. The largest absolute Gasteiger partial charge is 0.418 e. The van der Waals surface area contributed by atoms with Crippen molar-refractivity contribution in [2.45, 2.75) is 18.5 Å². The zero-order valence-corrected chi connectivity index (χ0v) is 3.77. The van der Waals surface area contributed by atoms with Gasteiger partial charge in [-0.05, 0) is 0 Å². The molecule has 0 radical (unpaired) electrons. The van der Waals surface area contributed by atoms with Gasteiger partial charge in [0.05, 0.1) is 0 Å². The molecule has 2 atom stereocenters. The Labute approximate surface area is 43.4 Å². The minimum absolute atomic E-state index is 1.12. The number of ether oxygens (including phenoxy) is 1. The predicted octanol–water partition coefficient (Wildman–Crippen LogP) is 0.232. The highest BCUT2D eigenvalue weighted by molar-refractivity contribution is 4.85. The first-order valence-corrected chi connectivity index (χ1v) is 1.99. The van der Waals surface area contributed by atoms with E-state index in [0.29, 0.717) is 0 Å². The Morgan fingerprint density at radius 2 is 1.75 bits per heavy atom. The predicted molar refractivity (Wildman–Crippen MR) is 18.9 cm³/mol. The lowest BCUT2D eigenvalue weighted by atomic mass is 10.4. The van der Waals surface area contributed by atoms with Gasteiger partial charge in [0, 0.05) is 0 Å². The first-order valence-electron chi connectivity index (χ1n) is 1.99. The summed E-state index contributed by atoms with van der Waals surface area (Å²) < 4.78 is 37.8. The van der Waals surface area contributed by atoms with E-state index in [-0.39, 0.29) is 0 Å². The molecule has 0 aromatic heterocycles. The first-order chi connectivity index (χ1) is 3.52. The third kappa shape index (κ3) is 0.924. The Bertz CT molecular complexity index is 101. The van der Waals surface area contributed by atoms with Crippen LogP contribution in [0.2, 0.25) is 0 Å². The number of hydrogen-bond donors (Lipinski definition) is 1. The van der Waals surface area contributed by atoms with Crippen LogP contribution in [0.5, 0.6) is 0 Å². The number of nitrogens with two attached hydrogens (primary N) is 1. The van der Waals surface area contributed by atoms with E-state index in [4.69, 9.17) is 5.73 Å². The van der Waals surface area contributed by atoms with Crippen molar-refractivity contribution in [3.05, 3.63) is 0 Å². The van der Waals surface area contributed by atoms with Crippen molar-refractivity contribution in [1.29, 1.82) is 0 Å². The molecule has 8 heavy (non-hydrogen) atoms. The Morgan fingerprint density at radius 1 is 1.38 bits per heavy atom. The number of alkyl halides is 3. The van der Waals surface area contributed by atoms with Gasteiger partial charge in [0.2, 0.25) is 0 Å². The normalized spacial score (nSPS) is 37.5. The molecule has 0 bridgehead atoms. The number of rotatable bonds is 0. The summed E-state index contributed by atoms with van der Waals surface area (Å²) in [6.07, 6.45) is -7.09. The molecule has 0 aliphatic carbocycles. The Hall–Kier alpha value is -0.290. The van der Waals surface area contributed by atoms with Crippen molar-refractivity contribution in [3.63, 3.8) is 0 Å². The van der Waals surface area contributed by atoms with Gasteiger partial charge in [-0.25, -0.2) is 0 Å². The monoisotopic (exact) mass is 127 g/mol. The first kappa shape index (κ1) is 5.84. The smallest absolute Gasteiger partial charge is 0.344 e. The molecule has 1 rings (SSSR count). The van der Waals surface area contributed by atoms with Gasteiger partial charge in [-0.1, -0.05) is 0 Å². The van der Waals surface area contributed by atoms with Gasteiger partial charge in [-0.2, -0.15) is 13.2 Å². The standard InChI is InChI=1S/C3H4F3NO/c4-3(5,6)1-2(7)8-1/h1-2H,7H2/t1-,2?/m0/s1. The van der Waals surface area contributed by atoms with E-state index in [2.05, 4.69) is 4.74 Å². The molecule has 2 nitrogen and oxygen atoms in total. The molecule has 5 heteroatoms. The quantitative estimate of drug-likeness (QED) is 0.473. The maximum absolute atomic E-state index is 11.3. The maximum Gasteiger partial charge on any atom is 0.418 e. The molecule has 48 valence electrons. The maximum atomic E-state index is 11.3. The topological polar surface area (TPSA) is 38.5 Å². The summed E-state index contributed by atoms with van der Waals surface area (Å²) in [4.78, 5) is 0. The van der Waals surface area contributed by atoms with Crippen molar-refractivity contribution >= 4 is 0 Å². The fourth-order valence-electron chi connectivity index (χ4n) is 0.387. The molecule has 0 saturated carbocycles. The SMILES string of the molecule is NC1O[C@@H]1C(F)(F)F. The summed E-state index contributed by atoms with van der Waals surface area (Å²) in [5.74, 6) is 0. The molecule has 1 heterocycles. The molecule has 2 N–H and O–H groups in total. The summed E-state index contributed by atoms with van der Waals surface area (Å²) >= 11 is 0. The van der Waals surface area contributed by atoms with Gasteiger partial charge in [-0.15, -0.1) is 0 Å². The van der Waals surface area contributed by atoms with E-state index in [1.54, 1.807) is 0 Å². The molecule has 1 saturated heterocycles. The molecule has 1 fully saturated rings. The van der Waals surface area contributed by atoms with Gasteiger partial charge >= 0.3 is 6.18 Å².